The maximum Gasteiger partial charge on any atom is 0.391 e. The molecule has 0 saturated carbocycles. The molecule has 1 aromatic heterocycles. The Hall–Kier alpha value is -1.40. The zero-order valence-electron chi connectivity index (χ0n) is 8.77. The summed E-state index contributed by atoms with van der Waals surface area (Å²) >= 11 is 0. The molecule has 3 nitrogen and oxygen atoms in total. The summed E-state index contributed by atoms with van der Waals surface area (Å²) in [7, 11) is 0. The summed E-state index contributed by atoms with van der Waals surface area (Å²) in [6, 6.07) is -0.941. The number of anilines is 1. The van der Waals surface area contributed by atoms with Gasteiger partial charge in [-0.15, -0.1) is 0 Å². The maximum absolute atomic E-state index is 13.3. The molecule has 1 heterocycles. The zero-order chi connectivity index (χ0) is 12.3. The van der Waals surface area contributed by atoms with Crippen molar-refractivity contribution in [3.63, 3.8) is 0 Å². The molecule has 0 aromatic carbocycles. The fourth-order valence-corrected chi connectivity index (χ4v) is 1.19. The molecule has 1 N–H and O–H groups in total. The lowest BCUT2D eigenvalue weighted by Gasteiger charge is -2.16. The molecule has 0 spiro atoms. The monoisotopic (exact) mass is 237 g/mol. The van der Waals surface area contributed by atoms with Crippen LogP contribution in [0.4, 0.5) is 23.4 Å². The van der Waals surface area contributed by atoms with Crippen molar-refractivity contribution in [2.45, 2.75) is 32.5 Å². The predicted octanol–water partition coefficient (Wildman–Crippen LogP) is 2.68. The highest BCUT2D eigenvalue weighted by Crippen LogP contribution is 2.23. The molecule has 90 valence electrons. The summed E-state index contributed by atoms with van der Waals surface area (Å²) in [5.74, 6) is -0.930. The summed E-state index contributed by atoms with van der Waals surface area (Å²) < 4.78 is 49.4. The van der Waals surface area contributed by atoms with Crippen molar-refractivity contribution in [2.24, 2.45) is 0 Å². The van der Waals surface area contributed by atoms with E-state index in [0.29, 0.717) is 0 Å². The van der Waals surface area contributed by atoms with Crippen molar-refractivity contribution in [2.75, 3.05) is 5.32 Å². The molecular formula is C9H11F4N3. The zero-order valence-corrected chi connectivity index (χ0v) is 8.77. The average molecular weight is 237 g/mol. The summed E-state index contributed by atoms with van der Waals surface area (Å²) in [6.45, 7) is 2.72. The minimum Gasteiger partial charge on any atom is -0.365 e. The fraction of sp³-hybridized carbons (Fsp3) is 0.556. The SMILES string of the molecule is Cc1ncnc(NC(C)CC(F)(F)F)c1F. The average Bonchev–Trinajstić information content (AvgIpc) is 2.09. The Morgan fingerprint density at radius 3 is 2.56 bits per heavy atom. The Bertz CT molecular complexity index is 364. The maximum atomic E-state index is 13.3. The van der Waals surface area contributed by atoms with Crippen molar-refractivity contribution >= 4 is 5.82 Å². The van der Waals surface area contributed by atoms with Crippen LogP contribution >= 0.6 is 0 Å². The molecular weight excluding hydrogens is 226 g/mol. The first kappa shape index (κ1) is 12.7. The lowest BCUT2D eigenvalue weighted by Crippen LogP contribution is -2.25. The van der Waals surface area contributed by atoms with Crippen LogP contribution < -0.4 is 5.32 Å². The summed E-state index contributed by atoms with van der Waals surface area (Å²) in [5, 5.41) is 2.36. The molecule has 0 aliphatic heterocycles. The normalized spacial score (nSPS) is 13.6. The molecule has 1 aromatic rings. The summed E-state index contributed by atoms with van der Waals surface area (Å²) in [5.41, 5.74) is 0.0942. The Morgan fingerprint density at radius 1 is 1.38 bits per heavy atom. The topological polar surface area (TPSA) is 37.8 Å². The second-order valence-corrected chi connectivity index (χ2v) is 3.49. The minimum absolute atomic E-state index is 0.0942. The first-order valence-corrected chi connectivity index (χ1v) is 4.60. The van der Waals surface area contributed by atoms with Crippen LogP contribution in [0.25, 0.3) is 0 Å². The molecule has 1 unspecified atom stereocenters. The number of hydrogen-bond donors (Lipinski definition) is 1. The van der Waals surface area contributed by atoms with Crippen LogP contribution in [0.15, 0.2) is 6.33 Å². The van der Waals surface area contributed by atoms with Gasteiger partial charge in [0.2, 0.25) is 0 Å². The van der Waals surface area contributed by atoms with E-state index in [1.54, 1.807) is 0 Å². The van der Waals surface area contributed by atoms with Gasteiger partial charge in [-0.25, -0.2) is 14.4 Å². The van der Waals surface area contributed by atoms with Gasteiger partial charge < -0.3 is 5.32 Å². The lowest BCUT2D eigenvalue weighted by atomic mass is 10.2. The van der Waals surface area contributed by atoms with Crippen molar-refractivity contribution in [3.8, 4) is 0 Å². The molecule has 0 saturated heterocycles. The molecule has 0 fully saturated rings. The molecule has 0 aliphatic rings. The van der Waals surface area contributed by atoms with E-state index in [2.05, 4.69) is 15.3 Å². The molecule has 1 atom stereocenters. The molecule has 1 rings (SSSR count). The van der Waals surface area contributed by atoms with Gasteiger partial charge >= 0.3 is 6.18 Å². The number of aryl methyl sites for hydroxylation is 1. The Labute approximate surface area is 89.9 Å². The highest BCUT2D eigenvalue weighted by Gasteiger charge is 2.30. The van der Waals surface area contributed by atoms with E-state index in [9.17, 15) is 17.6 Å². The van der Waals surface area contributed by atoms with Gasteiger partial charge in [-0.1, -0.05) is 0 Å². The molecule has 0 aliphatic carbocycles. The number of alkyl halides is 3. The second kappa shape index (κ2) is 4.63. The van der Waals surface area contributed by atoms with Crippen LogP contribution in [0.3, 0.4) is 0 Å². The van der Waals surface area contributed by atoms with Gasteiger partial charge in [0.1, 0.15) is 6.33 Å². The standard InChI is InChI=1S/C9H11F4N3/c1-5(3-9(11,12)13)16-8-7(10)6(2)14-4-15-8/h4-5H,3H2,1-2H3,(H,14,15,16). The number of nitrogens with one attached hydrogen (secondary N) is 1. The highest BCUT2D eigenvalue weighted by atomic mass is 19.4. The van der Waals surface area contributed by atoms with Crippen LogP contribution in [0, 0.1) is 12.7 Å². The predicted molar refractivity (Wildman–Crippen MR) is 50.5 cm³/mol. The van der Waals surface area contributed by atoms with E-state index >= 15 is 0 Å². The van der Waals surface area contributed by atoms with E-state index < -0.39 is 24.5 Å². The first-order valence-electron chi connectivity index (χ1n) is 4.60. The van der Waals surface area contributed by atoms with Crippen LogP contribution in [0.1, 0.15) is 19.0 Å². The van der Waals surface area contributed by atoms with Gasteiger partial charge in [-0.05, 0) is 13.8 Å². The minimum atomic E-state index is -4.29. The second-order valence-electron chi connectivity index (χ2n) is 3.49. The third kappa shape index (κ3) is 3.63. The quantitative estimate of drug-likeness (QED) is 0.821. The van der Waals surface area contributed by atoms with Crippen LogP contribution in [-0.2, 0) is 0 Å². The van der Waals surface area contributed by atoms with Crippen LogP contribution in [0.5, 0.6) is 0 Å². The smallest absolute Gasteiger partial charge is 0.365 e. The fourth-order valence-electron chi connectivity index (χ4n) is 1.19. The van der Waals surface area contributed by atoms with Gasteiger partial charge in [0.15, 0.2) is 11.6 Å². The van der Waals surface area contributed by atoms with Crippen molar-refractivity contribution < 1.29 is 17.6 Å². The van der Waals surface area contributed by atoms with E-state index in [4.69, 9.17) is 0 Å². The van der Waals surface area contributed by atoms with Crippen molar-refractivity contribution in [1.82, 2.24) is 9.97 Å². The number of rotatable bonds is 3. The molecule has 16 heavy (non-hydrogen) atoms. The van der Waals surface area contributed by atoms with E-state index in [-0.39, 0.29) is 11.5 Å². The van der Waals surface area contributed by atoms with Crippen LogP contribution in [-0.4, -0.2) is 22.2 Å². The molecule has 0 amide bonds. The van der Waals surface area contributed by atoms with E-state index in [0.717, 1.165) is 6.33 Å². The summed E-state index contributed by atoms with van der Waals surface area (Å²) in [4.78, 5) is 7.12. The third-order valence-electron chi connectivity index (χ3n) is 1.88. The van der Waals surface area contributed by atoms with Gasteiger partial charge in [0.25, 0.3) is 0 Å². The van der Waals surface area contributed by atoms with Crippen molar-refractivity contribution in [3.05, 3.63) is 17.8 Å². The lowest BCUT2D eigenvalue weighted by molar-refractivity contribution is -0.136. The Morgan fingerprint density at radius 2 is 2.00 bits per heavy atom. The van der Waals surface area contributed by atoms with E-state index in [1.807, 2.05) is 0 Å². The number of hydrogen-bond acceptors (Lipinski definition) is 3. The number of aromatic nitrogens is 2. The molecule has 0 bridgehead atoms. The van der Waals surface area contributed by atoms with Gasteiger partial charge in [-0.2, -0.15) is 13.2 Å². The van der Waals surface area contributed by atoms with Gasteiger partial charge in [0, 0.05) is 6.04 Å². The molecule has 7 heteroatoms. The third-order valence-corrected chi connectivity index (χ3v) is 1.88. The van der Waals surface area contributed by atoms with E-state index in [1.165, 1.54) is 13.8 Å². The van der Waals surface area contributed by atoms with Gasteiger partial charge in [0.05, 0.1) is 12.1 Å². The van der Waals surface area contributed by atoms with Crippen molar-refractivity contribution in [1.29, 1.82) is 0 Å². The van der Waals surface area contributed by atoms with Crippen LogP contribution in [0.2, 0.25) is 0 Å². The summed E-state index contributed by atoms with van der Waals surface area (Å²) in [6.07, 6.45) is -4.23. The van der Waals surface area contributed by atoms with Gasteiger partial charge in [-0.3, -0.25) is 0 Å². The number of nitrogens with zero attached hydrogens (tertiary/aromatic N) is 2. The Balaban J connectivity index is 2.70. The Kier molecular flexibility index (Phi) is 3.66. The first-order chi connectivity index (χ1) is 7.29. The highest BCUT2D eigenvalue weighted by molar-refractivity contribution is 5.37. The number of halogens is 4. The largest absolute Gasteiger partial charge is 0.391 e. The molecule has 0 radical (unpaired) electrons.